The minimum Gasteiger partial charge on any atom is -0.506 e. The number of aryl methyl sites for hydroxylation is 1. The van der Waals surface area contributed by atoms with Crippen molar-refractivity contribution in [1.29, 1.82) is 0 Å². The maximum atomic E-state index is 9.84. The van der Waals surface area contributed by atoms with E-state index in [1.54, 1.807) is 0 Å². The van der Waals surface area contributed by atoms with Gasteiger partial charge in [0.2, 0.25) is 0 Å². The van der Waals surface area contributed by atoms with E-state index in [0.29, 0.717) is 11.5 Å². The molecule has 0 amide bonds. The summed E-state index contributed by atoms with van der Waals surface area (Å²) in [7, 11) is 0. The van der Waals surface area contributed by atoms with Crippen molar-refractivity contribution in [2.75, 3.05) is 0 Å². The first-order chi connectivity index (χ1) is 10.3. The topological polar surface area (TPSA) is 40.5 Å². The van der Waals surface area contributed by atoms with Gasteiger partial charge in [-0.2, -0.15) is 0 Å². The molecular formula is C16H12I4O2. The van der Waals surface area contributed by atoms with Gasteiger partial charge in [0.25, 0.3) is 0 Å². The first-order valence-corrected chi connectivity index (χ1v) is 10.6. The number of rotatable bonds is 4. The van der Waals surface area contributed by atoms with E-state index in [1.807, 2.05) is 24.3 Å². The average molecular weight is 744 g/mol. The zero-order valence-electron chi connectivity index (χ0n) is 11.3. The van der Waals surface area contributed by atoms with Crippen LogP contribution in [0.3, 0.4) is 0 Å². The molecule has 2 aromatic carbocycles. The van der Waals surface area contributed by atoms with Crippen LogP contribution in [-0.2, 0) is 6.42 Å². The summed E-state index contributed by atoms with van der Waals surface area (Å²) in [6.45, 7) is 4.17. The molecule has 2 aromatic rings. The van der Waals surface area contributed by atoms with Gasteiger partial charge in [0.1, 0.15) is 11.5 Å². The summed E-state index contributed by atoms with van der Waals surface area (Å²) in [4.78, 5) is 0. The number of halogens is 4. The molecule has 2 rings (SSSR count). The molecule has 2 nitrogen and oxygen atoms in total. The van der Waals surface area contributed by atoms with E-state index in [4.69, 9.17) is 0 Å². The molecule has 0 fully saturated rings. The van der Waals surface area contributed by atoms with E-state index in [0.717, 1.165) is 38.3 Å². The standard InChI is InChI=1S/C16H12I4O2/c1-8(10-6-13(19)16(22)14(20)7-10)2-3-9-4-11(17)15(21)12(18)5-9/h4-7,21-22H,1-3H2. The molecule has 0 spiro atoms. The lowest BCUT2D eigenvalue weighted by Gasteiger charge is -2.10. The van der Waals surface area contributed by atoms with Crippen LogP contribution in [0.4, 0.5) is 0 Å². The van der Waals surface area contributed by atoms with E-state index >= 15 is 0 Å². The molecule has 0 bridgehead atoms. The largest absolute Gasteiger partial charge is 0.506 e. The van der Waals surface area contributed by atoms with Gasteiger partial charge in [-0.15, -0.1) is 0 Å². The van der Waals surface area contributed by atoms with Gasteiger partial charge in [-0.05, 0) is 144 Å². The third-order valence-corrected chi connectivity index (χ3v) is 6.51. The van der Waals surface area contributed by atoms with E-state index in [2.05, 4.69) is 96.9 Å². The molecule has 6 heteroatoms. The highest BCUT2D eigenvalue weighted by molar-refractivity contribution is 14.1. The lowest BCUT2D eigenvalue weighted by molar-refractivity contribution is 0.467. The molecule has 0 saturated heterocycles. The number of benzene rings is 2. The molecule has 0 aliphatic carbocycles. The molecule has 0 aliphatic rings. The van der Waals surface area contributed by atoms with Gasteiger partial charge in [0, 0.05) is 0 Å². The average Bonchev–Trinajstić information content (AvgIpc) is 2.47. The second-order valence-corrected chi connectivity index (χ2v) is 9.45. The SMILES string of the molecule is C=C(CCc1cc(I)c(O)c(I)c1)c1cc(I)c(O)c(I)c1. The Labute approximate surface area is 184 Å². The van der Waals surface area contributed by atoms with Crippen molar-refractivity contribution >= 4 is 95.9 Å². The number of phenols is 2. The van der Waals surface area contributed by atoms with Crippen molar-refractivity contribution in [3.05, 3.63) is 56.3 Å². The van der Waals surface area contributed by atoms with Gasteiger partial charge in [-0.25, -0.2) is 0 Å². The highest BCUT2D eigenvalue weighted by Crippen LogP contribution is 2.32. The fourth-order valence-corrected chi connectivity index (χ4v) is 5.64. The van der Waals surface area contributed by atoms with Gasteiger partial charge in [-0.3, -0.25) is 0 Å². The Morgan fingerprint density at radius 2 is 1.23 bits per heavy atom. The molecule has 0 aromatic heterocycles. The highest BCUT2D eigenvalue weighted by Gasteiger charge is 2.10. The summed E-state index contributed by atoms with van der Waals surface area (Å²) in [5.74, 6) is 0.687. The van der Waals surface area contributed by atoms with Crippen LogP contribution in [0.15, 0.2) is 30.8 Å². The Hall–Kier alpha value is 0.700. The predicted molar refractivity (Wildman–Crippen MR) is 124 cm³/mol. The molecule has 0 aliphatic heterocycles. The zero-order chi connectivity index (χ0) is 16.4. The lowest BCUT2D eigenvalue weighted by Crippen LogP contribution is -1.93. The van der Waals surface area contributed by atoms with Crippen molar-refractivity contribution in [2.45, 2.75) is 12.8 Å². The van der Waals surface area contributed by atoms with E-state index in [1.165, 1.54) is 5.56 Å². The predicted octanol–water partition coefficient (Wildman–Crippen LogP) is 6.16. The van der Waals surface area contributed by atoms with Crippen molar-refractivity contribution in [2.24, 2.45) is 0 Å². The maximum Gasteiger partial charge on any atom is 0.142 e. The fraction of sp³-hybridized carbons (Fsp3) is 0.125. The van der Waals surface area contributed by atoms with Gasteiger partial charge >= 0.3 is 0 Å². The molecule has 22 heavy (non-hydrogen) atoms. The monoisotopic (exact) mass is 744 g/mol. The second-order valence-electron chi connectivity index (χ2n) is 4.80. The first kappa shape index (κ1) is 19.0. The van der Waals surface area contributed by atoms with E-state index in [9.17, 15) is 10.2 Å². The van der Waals surface area contributed by atoms with Crippen LogP contribution in [0.5, 0.6) is 11.5 Å². The van der Waals surface area contributed by atoms with Gasteiger partial charge in [0.05, 0.1) is 14.3 Å². The Kier molecular flexibility index (Phi) is 7.08. The normalized spacial score (nSPS) is 10.7. The summed E-state index contributed by atoms with van der Waals surface area (Å²) in [6, 6.07) is 7.95. The van der Waals surface area contributed by atoms with Crippen LogP contribution in [0, 0.1) is 14.3 Å². The Bertz CT molecular complexity index is 695. The van der Waals surface area contributed by atoms with Crippen molar-refractivity contribution < 1.29 is 10.2 Å². The number of hydrogen-bond acceptors (Lipinski definition) is 2. The van der Waals surface area contributed by atoms with Crippen LogP contribution < -0.4 is 0 Å². The minimum atomic E-state index is 0.334. The number of hydrogen-bond donors (Lipinski definition) is 2. The van der Waals surface area contributed by atoms with Crippen LogP contribution in [0.25, 0.3) is 5.57 Å². The van der Waals surface area contributed by atoms with Crippen molar-refractivity contribution in [1.82, 2.24) is 0 Å². The lowest BCUT2D eigenvalue weighted by atomic mass is 10.00. The summed E-state index contributed by atoms with van der Waals surface area (Å²) in [6.07, 6.45) is 1.72. The molecule has 0 radical (unpaired) electrons. The van der Waals surface area contributed by atoms with Gasteiger partial charge in [0.15, 0.2) is 0 Å². The van der Waals surface area contributed by atoms with Gasteiger partial charge in [-0.1, -0.05) is 6.58 Å². The summed E-state index contributed by atoms with van der Waals surface area (Å²) in [5.41, 5.74) is 3.31. The number of phenolic OH excluding ortho intramolecular Hbond substituents is 2. The molecule has 0 unspecified atom stereocenters. The highest BCUT2D eigenvalue weighted by atomic mass is 127. The smallest absolute Gasteiger partial charge is 0.142 e. The van der Waals surface area contributed by atoms with Gasteiger partial charge < -0.3 is 10.2 Å². The summed E-state index contributed by atoms with van der Waals surface area (Å²) >= 11 is 8.57. The minimum absolute atomic E-state index is 0.334. The molecule has 2 N–H and O–H groups in total. The van der Waals surface area contributed by atoms with Crippen molar-refractivity contribution in [3.63, 3.8) is 0 Å². The van der Waals surface area contributed by atoms with Crippen LogP contribution in [0.1, 0.15) is 17.5 Å². The van der Waals surface area contributed by atoms with Crippen LogP contribution in [-0.4, -0.2) is 10.2 Å². The third kappa shape index (κ3) is 4.62. The molecular weight excluding hydrogens is 732 g/mol. The van der Waals surface area contributed by atoms with Crippen molar-refractivity contribution in [3.8, 4) is 11.5 Å². The van der Waals surface area contributed by atoms with E-state index < -0.39 is 0 Å². The molecule has 0 saturated carbocycles. The summed E-state index contributed by atoms with van der Waals surface area (Å²) < 4.78 is 3.43. The zero-order valence-corrected chi connectivity index (χ0v) is 20.0. The fourth-order valence-electron chi connectivity index (χ4n) is 1.97. The molecule has 0 heterocycles. The maximum absolute atomic E-state index is 9.84. The van der Waals surface area contributed by atoms with Crippen LogP contribution >= 0.6 is 90.4 Å². The van der Waals surface area contributed by atoms with Crippen LogP contribution in [0.2, 0.25) is 0 Å². The Morgan fingerprint density at radius 1 is 0.818 bits per heavy atom. The first-order valence-electron chi connectivity index (χ1n) is 6.32. The molecule has 116 valence electrons. The molecule has 0 atom stereocenters. The quantitative estimate of drug-likeness (QED) is 0.369. The third-order valence-electron chi connectivity index (χ3n) is 3.22. The number of aromatic hydroxyl groups is 2. The Morgan fingerprint density at radius 3 is 1.68 bits per heavy atom. The summed E-state index contributed by atoms with van der Waals surface area (Å²) in [5, 5.41) is 19.7. The second kappa shape index (κ2) is 8.19. The Balaban J connectivity index is 2.13. The van der Waals surface area contributed by atoms with E-state index in [-0.39, 0.29) is 0 Å². The number of allylic oxidation sites excluding steroid dienone is 1.